The Labute approximate surface area is 245 Å². The van der Waals surface area contributed by atoms with Crippen molar-refractivity contribution in [1.29, 1.82) is 0 Å². The van der Waals surface area contributed by atoms with E-state index in [1.165, 1.54) is 12.8 Å². The molecule has 6 aliphatic rings. The zero-order valence-electron chi connectivity index (χ0n) is 24.2. The highest BCUT2D eigenvalue weighted by molar-refractivity contribution is 6.00. The summed E-state index contributed by atoms with van der Waals surface area (Å²) in [6.07, 6.45) is 13.4. The highest BCUT2D eigenvalue weighted by atomic mass is 19.1. The summed E-state index contributed by atoms with van der Waals surface area (Å²) in [5.41, 5.74) is 0.969. The third kappa shape index (κ3) is 4.33. The van der Waals surface area contributed by atoms with Crippen LogP contribution in [-0.4, -0.2) is 44.8 Å². The Morgan fingerprint density at radius 1 is 1.10 bits per heavy atom. The van der Waals surface area contributed by atoms with Crippen molar-refractivity contribution in [2.45, 2.75) is 94.6 Å². The van der Waals surface area contributed by atoms with Gasteiger partial charge in [-0.15, -0.1) is 0 Å². The number of ether oxygens (including phenoxy) is 1. The Morgan fingerprint density at radius 3 is 2.64 bits per heavy atom. The summed E-state index contributed by atoms with van der Waals surface area (Å²) < 4.78 is 25.9. The maximum absolute atomic E-state index is 14.6. The molecule has 1 amide bonds. The Balaban J connectivity index is 1.06. The van der Waals surface area contributed by atoms with Crippen molar-refractivity contribution in [2.24, 2.45) is 17.3 Å². The normalized spacial score (nSPS) is 32.9. The number of rotatable bonds is 9. The van der Waals surface area contributed by atoms with E-state index in [0.717, 1.165) is 67.1 Å². The zero-order chi connectivity index (χ0) is 28.5. The van der Waals surface area contributed by atoms with Gasteiger partial charge in [0.15, 0.2) is 5.82 Å². The molecule has 6 fully saturated rings. The fraction of sp³-hybridized carbons (Fsp3) is 0.606. The maximum atomic E-state index is 14.6. The van der Waals surface area contributed by atoms with Gasteiger partial charge in [-0.25, -0.2) is 14.4 Å². The predicted octanol–water partition coefficient (Wildman–Crippen LogP) is 6.57. The minimum absolute atomic E-state index is 0.0313. The van der Waals surface area contributed by atoms with Gasteiger partial charge in [0.1, 0.15) is 5.67 Å². The van der Waals surface area contributed by atoms with Gasteiger partial charge in [-0.3, -0.25) is 4.79 Å². The second-order valence-corrected chi connectivity index (χ2v) is 13.8. The van der Waals surface area contributed by atoms with Crippen molar-refractivity contribution in [3.63, 3.8) is 0 Å². The fourth-order valence-electron chi connectivity index (χ4n) is 8.47. The summed E-state index contributed by atoms with van der Waals surface area (Å²) >= 11 is 0. The topological polar surface area (TPSA) is 94.2 Å². The van der Waals surface area contributed by atoms with Gasteiger partial charge in [-0.2, -0.15) is 4.98 Å². The average Bonchev–Trinajstić information content (AvgIpc) is 3.70. The number of carbonyl (C=O) groups excluding carboxylic acids is 1. The number of alkyl halides is 1. The Morgan fingerprint density at radius 2 is 1.90 bits per heavy atom. The third-order valence-corrected chi connectivity index (χ3v) is 10.9. The molecule has 8 nitrogen and oxygen atoms in total. The zero-order valence-corrected chi connectivity index (χ0v) is 24.2. The van der Waals surface area contributed by atoms with Crippen LogP contribution in [0.2, 0.25) is 0 Å². The molecule has 9 rings (SSSR count). The van der Waals surface area contributed by atoms with E-state index in [1.54, 1.807) is 12.4 Å². The van der Waals surface area contributed by atoms with Crippen molar-refractivity contribution in [3.8, 4) is 17.1 Å². The lowest BCUT2D eigenvalue weighted by Gasteiger charge is -2.65. The van der Waals surface area contributed by atoms with Crippen LogP contribution in [0.4, 0.5) is 10.1 Å². The number of amides is 1. The van der Waals surface area contributed by atoms with Crippen molar-refractivity contribution < 1.29 is 18.4 Å². The number of carbonyl (C=O) groups is 1. The number of aromatic nitrogens is 4. The van der Waals surface area contributed by atoms with Crippen LogP contribution in [0.15, 0.2) is 41.2 Å². The molecule has 6 aliphatic carbocycles. The van der Waals surface area contributed by atoms with Gasteiger partial charge in [-0.1, -0.05) is 30.1 Å². The largest absolute Gasteiger partial charge is 0.464 e. The smallest absolute Gasteiger partial charge is 0.316 e. The summed E-state index contributed by atoms with van der Waals surface area (Å²) in [4.78, 5) is 29.7. The lowest BCUT2D eigenvalue weighted by molar-refractivity contribution is -0.211. The summed E-state index contributed by atoms with van der Waals surface area (Å²) in [5, 5.41) is 4.34. The SMILES string of the molecule is CCOc1ncc(-c2cccc(N(CC3CCC4(c5nc(C6CC6)no5)CCCC3C4)C(=O)C34CC(F)(C3)C4)c2)cn1. The molecular weight excluding hydrogens is 533 g/mol. The van der Waals surface area contributed by atoms with Crippen LogP contribution in [0.1, 0.15) is 95.2 Å². The second kappa shape index (κ2) is 9.58. The summed E-state index contributed by atoms with van der Waals surface area (Å²) in [5.74, 6) is 3.16. The minimum atomic E-state index is -1.12. The molecule has 9 heteroatoms. The molecule has 2 heterocycles. The lowest BCUT2D eigenvalue weighted by atomic mass is 9.42. The van der Waals surface area contributed by atoms with Gasteiger partial charge < -0.3 is 14.2 Å². The number of hydrogen-bond acceptors (Lipinski definition) is 7. The molecule has 2 aromatic heterocycles. The molecule has 0 radical (unpaired) electrons. The second-order valence-electron chi connectivity index (χ2n) is 13.8. The van der Waals surface area contributed by atoms with Crippen LogP contribution in [0.3, 0.4) is 0 Å². The number of benzene rings is 1. The molecule has 0 spiro atoms. The number of halogens is 1. The molecule has 3 aromatic rings. The first-order chi connectivity index (χ1) is 20.4. The van der Waals surface area contributed by atoms with Crippen LogP contribution in [-0.2, 0) is 10.2 Å². The molecule has 0 aliphatic heterocycles. The van der Waals surface area contributed by atoms with Gasteiger partial charge in [0.05, 0.1) is 12.0 Å². The van der Waals surface area contributed by atoms with E-state index in [2.05, 4.69) is 21.2 Å². The molecule has 4 bridgehead atoms. The fourth-order valence-corrected chi connectivity index (χ4v) is 8.47. The molecule has 0 saturated heterocycles. The molecule has 0 N–H and O–H groups in total. The van der Waals surface area contributed by atoms with E-state index in [-0.39, 0.29) is 11.3 Å². The van der Waals surface area contributed by atoms with Crippen LogP contribution < -0.4 is 9.64 Å². The maximum Gasteiger partial charge on any atom is 0.316 e. The van der Waals surface area contributed by atoms with E-state index in [0.29, 0.717) is 56.2 Å². The van der Waals surface area contributed by atoms with Crippen LogP contribution >= 0.6 is 0 Å². The standard InChI is InChI=1S/C33H38FN5O3/c1-2-41-30-35-15-25(16-36-30)22-5-3-7-26(13-22)39(29(40)32-18-33(34,19-32)20-32)17-24-10-12-31(11-4-6-23(24)14-31)28-37-27(38-42-28)21-8-9-21/h3,5,7,13,15-16,21,23-24H,2,4,6,8-12,14,17-20H2,1H3. The molecule has 220 valence electrons. The van der Waals surface area contributed by atoms with Crippen molar-refractivity contribution in [1.82, 2.24) is 20.1 Å². The number of anilines is 1. The number of hydrogen-bond donors (Lipinski definition) is 0. The van der Waals surface area contributed by atoms with Gasteiger partial charge in [0.25, 0.3) is 0 Å². The van der Waals surface area contributed by atoms with Crippen LogP contribution in [0.25, 0.3) is 11.1 Å². The van der Waals surface area contributed by atoms with Crippen LogP contribution in [0.5, 0.6) is 6.01 Å². The van der Waals surface area contributed by atoms with E-state index in [4.69, 9.17) is 14.2 Å². The molecule has 3 unspecified atom stereocenters. The number of nitrogens with zero attached hydrogens (tertiary/aromatic N) is 5. The Bertz CT molecular complexity index is 1480. The van der Waals surface area contributed by atoms with Gasteiger partial charge in [-0.05, 0) is 94.2 Å². The summed E-state index contributed by atoms with van der Waals surface area (Å²) in [7, 11) is 0. The number of fused-ring (bicyclic) bond motifs is 2. The van der Waals surface area contributed by atoms with Gasteiger partial charge in [0, 0.05) is 41.5 Å². The van der Waals surface area contributed by atoms with E-state index in [9.17, 15) is 9.18 Å². The molecular formula is C33H38FN5O3. The third-order valence-electron chi connectivity index (χ3n) is 10.9. The molecule has 1 aromatic carbocycles. The first-order valence-electron chi connectivity index (χ1n) is 15.8. The Hall–Kier alpha value is -3.36. The highest BCUT2D eigenvalue weighted by Gasteiger charge is 2.73. The average molecular weight is 572 g/mol. The minimum Gasteiger partial charge on any atom is -0.464 e. The first kappa shape index (κ1) is 26.3. The predicted molar refractivity (Wildman–Crippen MR) is 154 cm³/mol. The monoisotopic (exact) mass is 571 g/mol. The summed E-state index contributed by atoms with van der Waals surface area (Å²) in [6, 6.07) is 8.42. The van der Waals surface area contributed by atoms with E-state index >= 15 is 0 Å². The van der Waals surface area contributed by atoms with E-state index < -0.39 is 11.1 Å². The van der Waals surface area contributed by atoms with Gasteiger partial charge in [0.2, 0.25) is 11.8 Å². The summed E-state index contributed by atoms with van der Waals surface area (Å²) in [6.45, 7) is 3.06. The lowest BCUT2D eigenvalue weighted by Crippen LogP contribution is -2.70. The first-order valence-corrected chi connectivity index (χ1v) is 15.8. The van der Waals surface area contributed by atoms with Gasteiger partial charge >= 0.3 is 6.01 Å². The highest BCUT2D eigenvalue weighted by Crippen LogP contribution is 2.70. The van der Waals surface area contributed by atoms with E-state index in [1.807, 2.05) is 30.0 Å². The van der Waals surface area contributed by atoms with Crippen molar-refractivity contribution in [3.05, 3.63) is 48.4 Å². The molecule has 42 heavy (non-hydrogen) atoms. The van der Waals surface area contributed by atoms with Crippen molar-refractivity contribution in [2.75, 3.05) is 18.1 Å². The molecule has 3 atom stereocenters. The van der Waals surface area contributed by atoms with Crippen LogP contribution in [0, 0.1) is 17.3 Å². The molecule has 6 saturated carbocycles. The Kier molecular flexibility index (Phi) is 5.99. The quantitative estimate of drug-likeness (QED) is 0.287. The van der Waals surface area contributed by atoms with Crippen molar-refractivity contribution >= 4 is 11.6 Å².